The topological polar surface area (TPSA) is 78.2 Å². The van der Waals surface area contributed by atoms with Gasteiger partial charge in [0.1, 0.15) is 17.9 Å². The molecule has 0 rings (SSSR count). The van der Waals surface area contributed by atoms with Crippen LogP contribution in [0.2, 0.25) is 0 Å². The molecule has 54 valence electrons. The summed E-state index contributed by atoms with van der Waals surface area (Å²) in [5.41, 5.74) is -0.551. The first-order valence-electron chi connectivity index (χ1n) is 2.00. The van der Waals surface area contributed by atoms with E-state index in [2.05, 4.69) is 0 Å². The van der Waals surface area contributed by atoms with Crippen LogP contribution in [-0.4, -0.2) is 17.2 Å². The number of hydrogen-bond acceptors (Lipinski definition) is 4. The lowest BCUT2D eigenvalue weighted by Crippen LogP contribution is -2.00. The second-order valence-corrected chi connectivity index (χ2v) is 1.14. The Morgan fingerprint density at radius 3 is 2.20 bits per heavy atom. The fourth-order valence-corrected chi connectivity index (χ4v) is 0.211. The third-order valence-electron chi connectivity index (χ3n) is 0.622. The maximum Gasteiger partial charge on any atom is 0.238 e. The van der Waals surface area contributed by atoms with E-state index in [1.54, 1.807) is 0 Å². The molecule has 5 heteroatoms. The quantitative estimate of drug-likeness (QED) is 0.206. The Kier molecular flexibility index (Phi) is 6.63. The second kappa shape index (κ2) is 5.79. The van der Waals surface area contributed by atoms with Crippen LogP contribution in [0, 0.1) is 11.3 Å². The van der Waals surface area contributed by atoms with Crippen LogP contribution in [0.4, 0.5) is 0 Å². The highest BCUT2D eigenvalue weighted by molar-refractivity contribution is 6.34. The summed E-state index contributed by atoms with van der Waals surface area (Å²) in [6.45, 7) is 0. The molecule has 0 aromatic carbocycles. The predicted molar refractivity (Wildman–Crippen MR) is 34.6 cm³/mol. The van der Waals surface area contributed by atoms with Crippen molar-refractivity contribution >= 4 is 24.5 Å². The van der Waals surface area contributed by atoms with Gasteiger partial charge in [-0.3, -0.25) is 9.59 Å². The van der Waals surface area contributed by atoms with Gasteiger partial charge in [-0.25, -0.2) is 0 Å². The number of nitrogens with zero attached hydrogens (tertiary/aromatic N) is 1. The zero-order valence-corrected chi connectivity index (χ0v) is 5.59. The number of aldehydes is 1. The number of Topliss-reactive ketones (excluding diaryl/α,β-unsaturated/α-hetero) is 1. The third kappa shape index (κ3) is 2.84. The van der Waals surface area contributed by atoms with Crippen LogP contribution in [-0.2, 0) is 9.59 Å². The van der Waals surface area contributed by atoms with Crippen molar-refractivity contribution in [3.63, 3.8) is 0 Å². The first-order chi connectivity index (χ1) is 4.26. The number of hydrogen-bond donors (Lipinski definition) is 1. The molecule has 0 aliphatic carbocycles. The maximum absolute atomic E-state index is 10.2. The van der Waals surface area contributed by atoms with Crippen LogP contribution < -0.4 is 0 Å². The van der Waals surface area contributed by atoms with E-state index in [0.29, 0.717) is 6.26 Å². The van der Waals surface area contributed by atoms with E-state index >= 15 is 0 Å². The molecule has 0 fully saturated rings. The summed E-state index contributed by atoms with van der Waals surface area (Å²) in [5.74, 6) is -1.01. The van der Waals surface area contributed by atoms with Crippen LogP contribution in [0.3, 0.4) is 0 Å². The summed E-state index contributed by atoms with van der Waals surface area (Å²) in [7, 11) is 0. The summed E-state index contributed by atoms with van der Waals surface area (Å²) in [6.07, 6.45) is 0.266. The number of halogens is 1. The standard InChI is InChI=1S/C5H3NO3.ClH/c6-1-4(2-7)5(9)3-8;/h2-3,7H;1H. The molecule has 1 N–H and O–H groups in total. The Labute approximate surface area is 63.2 Å². The van der Waals surface area contributed by atoms with Crippen LogP contribution in [0.1, 0.15) is 0 Å². The van der Waals surface area contributed by atoms with Gasteiger partial charge in [-0.2, -0.15) is 5.26 Å². The van der Waals surface area contributed by atoms with Crippen molar-refractivity contribution in [1.82, 2.24) is 0 Å². The molecule has 0 saturated carbocycles. The molecule has 0 spiro atoms. The molecule has 0 aliphatic heterocycles. The average molecular weight is 162 g/mol. The van der Waals surface area contributed by atoms with E-state index in [9.17, 15) is 9.59 Å². The van der Waals surface area contributed by atoms with Crippen LogP contribution in [0.5, 0.6) is 0 Å². The molecule has 0 aromatic rings. The molecule has 0 aromatic heterocycles. The SMILES string of the molecule is Cl.N#CC(=CO)C(=O)C=O. The Hall–Kier alpha value is -1.34. The minimum Gasteiger partial charge on any atom is -0.514 e. The fraction of sp³-hybridized carbons (Fsp3) is 0. The van der Waals surface area contributed by atoms with Gasteiger partial charge in [0, 0.05) is 0 Å². The highest BCUT2D eigenvalue weighted by Crippen LogP contribution is 1.88. The minimum absolute atomic E-state index is 0. The van der Waals surface area contributed by atoms with Gasteiger partial charge in [-0.05, 0) is 0 Å². The van der Waals surface area contributed by atoms with Gasteiger partial charge in [0.15, 0.2) is 6.29 Å². The van der Waals surface area contributed by atoms with Crippen molar-refractivity contribution in [3.8, 4) is 6.07 Å². The van der Waals surface area contributed by atoms with Crippen LogP contribution >= 0.6 is 12.4 Å². The Balaban J connectivity index is 0. The molecule has 4 nitrogen and oxygen atoms in total. The zero-order valence-electron chi connectivity index (χ0n) is 4.77. The predicted octanol–water partition coefficient (Wildman–Crippen LogP) is 0.142. The monoisotopic (exact) mass is 161 g/mol. The van der Waals surface area contributed by atoms with Crippen LogP contribution in [0.15, 0.2) is 11.8 Å². The van der Waals surface area contributed by atoms with Crippen molar-refractivity contribution in [3.05, 3.63) is 11.8 Å². The zero-order chi connectivity index (χ0) is 7.28. The number of aliphatic hydroxyl groups excluding tert-OH is 1. The third-order valence-corrected chi connectivity index (χ3v) is 0.622. The van der Waals surface area contributed by atoms with E-state index in [4.69, 9.17) is 10.4 Å². The number of ketones is 1. The van der Waals surface area contributed by atoms with Crippen molar-refractivity contribution in [2.45, 2.75) is 0 Å². The summed E-state index contributed by atoms with van der Waals surface area (Å²) >= 11 is 0. The molecule has 0 amide bonds. The summed E-state index contributed by atoms with van der Waals surface area (Å²) < 4.78 is 0. The fourth-order valence-electron chi connectivity index (χ4n) is 0.211. The molecule has 0 bridgehead atoms. The molecule has 10 heavy (non-hydrogen) atoms. The van der Waals surface area contributed by atoms with Crippen LogP contribution in [0.25, 0.3) is 0 Å². The Bertz CT molecular complexity index is 203. The van der Waals surface area contributed by atoms with Gasteiger partial charge in [0.25, 0.3) is 0 Å². The van der Waals surface area contributed by atoms with Crippen molar-refractivity contribution < 1.29 is 14.7 Å². The number of aliphatic hydroxyl groups is 1. The highest BCUT2D eigenvalue weighted by atomic mass is 35.5. The first-order valence-corrected chi connectivity index (χ1v) is 2.00. The maximum atomic E-state index is 10.2. The molecule has 0 atom stereocenters. The minimum atomic E-state index is -1.01. The van der Waals surface area contributed by atoms with E-state index in [1.165, 1.54) is 6.07 Å². The Morgan fingerprint density at radius 2 is 2.10 bits per heavy atom. The van der Waals surface area contributed by atoms with Crippen molar-refractivity contribution in [2.75, 3.05) is 0 Å². The van der Waals surface area contributed by atoms with Gasteiger partial charge < -0.3 is 5.11 Å². The molecular formula is C5H4ClNO3. The molecular weight excluding hydrogens is 158 g/mol. The smallest absolute Gasteiger partial charge is 0.238 e. The largest absolute Gasteiger partial charge is 0.514 e. The Morgan fingerprint density at radius 1 is 1.60 bits per heavy atom. The normalized spacial score (nSPS) is 8.90. The van der Waals surface area contributed by atoms with E-state index in [1.807, 2.05) is 0 Å². The van der Waals surface area contributed by atoms with E-state index in [-0.39, 0.29) is 18.7 Å². The first kappa shape index (κ1) is 11.5. The highest BCUT2D eigenvalue weighted by Gasteiger charge is 2.05. The molecule has 0 aliphatic rings. The summed E-state index contributed by atoms with van der Waals surface area (Å²) in [6, 6.07) is 1.33. The number of nitriles is 1. The lowest BCUT2D eigenvalue weighted by Gasteiger charge is -1.80. The van der Waals surface area contributed by atoms with Gasteiger partial charge in [-0.1, -0.05) is 0 Å². The molecule has 0 heterocycles. The van der Waals surface area contributed by atoms with Crippen molar-refractivity contribution in [1.29, 1.82) is 5.26 Å². The number of rotatable bonds is 2. The molecule has 0 unspecified atom stereocenters. The number of allylic oxidation sites excluding steroid dienone is 1. The van der Waals surface area contributed by atoms with E-state index < -0.39 is 11.4 Å². The number of carbonyl (C=O) groups excluding carboxylic acids is 2. The molecule has 0 radical (unpaired) electrons. The van der Waals surface area contributed by atoms with Gasteiger partial charge in [-0.15, -0.1) is 12.4 Å². The number of carbonyl (C=O) groups is 2. The lowest BCUT2D eigenvalue weighted by atomic mass is 10.2. The van der Waals surface area contributed by atoms with Gasteiger partial charge in [0.05, 0.1) is 0 Å². The van der Waals surface area contributed by atoms with Gasteiger partial charge in [0.2, 0.25) is 5.78 Å². The molecule has 0 saturated heterocycles. The summed E-state index contributed by atoms with van der Waals surface area (Å²) in [4.78, 5) is 19.8. The summed E-state index contributed by atoms with van der Waals surface area (Å²) in [5, 5.41) is 16.0. The lowest BCUT2D eigenvalue weighted by molar-refractivity contribution is -0.127. The van der Waals surface area contributed by atoms with Crippen molar-refractivity contribution in [2.24, 2.45) is 0 Å². The second-order valence-electron chi connectivity index (χ2n) is 1.14. The van der Waals surface area contributed by atoms with E-state index in [0.717, 1.165) is 0 Å². The van der Waals surface area contributed by atoms with Gasteiger partial charge >= 0.3 is 0 Å². The average Bonchev–Trinajstić information content (AvgIpc) is 1.90.